The highest BCUT2D eigenvalue weighted by Crippen LogP contribution is 2.35. The smallest absolute Gasteiger partial charge is 0.0132 e. The largest absolute Gasteiger partial charge is 0.311 e. The van der Waals surface area contributed by atoms with E-state index in [0.717, 1.165) is 6.04 Å². The molecule has 1 saturated carbocycles. The maximum Gasteiger partial charge on any atom is 0.0132 e. The molecule has 1 aliphatic carbocycles. The highest BCUT2D eigenvalue weighted by molar-refractivity contribution is 7.99. The van der Waals surface area contributed by atoms with Crippen molar-refractivity contribution in [3.05, 3.63) is 0 Å². The third kappa shape index (κ3) is 5.26. The van der Waals surface area contributed by atoms with Crippen molar-refractivity contribution in [2.24, 2.45) is 5.41 Å². The lowest BCUT2D eigenvalue weighted by Gasteiger charge is -2.37. The zero-order valence-electron chi connectivity index (χ0n) is 10.8. The average Bonchev–Trinajstić information content (AvgIpc) is 2.13. The molecule has 0 heterocycles. The van der Waals surface area contributed by atoms with Crippen LogP contribution in [0.15, 0.2) is 0 Å². The van der Waals surface area contributed by atoms with Crippen molar-refractivity contribution in [1.29, 1.82) is 0 Å². The zero-order chi connectivity index (χ0) is 11.3. The van der Waals surface area contributed by atoms with Crippen LogP contribution in [-0.4, -0.2) is 23.6 Å². The van der Waals surface area contributed by atoms with Gasteiger partial charge in [-0.2, -0.15) is 11.8 Å². The minimum atomic E-state index is 0.563. The van der Waals surface area contributed by atoms with Crippen LogP contribution >= 0.6 is 11.8 Å². The van der Waals surface area contributed by atoms with Crippen LogP contribution in [0.25, 0.3) is 0 Å². The van der Waals surface area contributed by atoms with Gasteiger partial charge in [-0.25, -0.2) is 0 Å². The Bertz CT molecular complexity index is 179. The van der Waals surface area contributed by atoms with Gasteiger partial charge >= 0.3 is 0 Å². The number of hydrogen-bond donors (Lipinski definition) is 1. The average molecular weight is 229 g/mol. The fourth-order valence-electron chi connectivity index (χ4n) is 2.59. The summed E-state index contributed by atoms with van der Waals surface area (Å²) >= 11 is 2.04. The molecule has 2 unspecified atom stereocenters. The SMILES string of the molecule is CCSCC(C)NC1CCCC(C)(C)C1. The Hall–Kier alpha value is 0.310. The number of rotatable bonds is 5. The van der Waals surface area contributed by atoms with E-state index in [4.69, 9.17) is 0 Å². The summed E-state index contributed by atoms with van der Waals surface area (Å²) in [5.74, 6) is 2.50. The molecular weight excluding hydrogens is 202 g/mol. The van der Waals surface area contributed by atoms with Crippen LogP contribution in [0.2, 0.25) is 0 Å². The van der Waals surface area contributed by atoms with E-state index in [2.05, 4.69) is 33.0 Å². The lowest BCUT2D eigenvalue weighted by atomic mass is 9.75. The van der Waals surface area contributed by atoms with Crippen molar-refractivity contribution < 1.29 is 0 Å². The van der Waals surface area contributed by atoms with E-state index in [9.17, 15) is 0 Å². The molecule has 0 aromatic carbocycles. The fraction of sp³-hybridized carbons (Fsp3) is 1.00. The molecular formula is C13H27NS. The Balaban J connectivity index is 2.25. The standard InChI is InChI=1S/C13H27NS/c1-5-15-10-11(2)14-12-7-6-8-13(3,4)9-12/h11-12,14H,5-10H2,1-4H3. The molecule has 0 aromatic rings. The molecule has 0 bridgehead atoms. The maximum atomic E-state index is 3.79. The van der Waals surface area contributed by atoms with Crippen molar-refractivity contribution in [1.82, 2.24) is 5.32 Å². The lowest BCUT2D eigenvalue weighted by Crippen LogP contribution is -2.42. The third-order valence-electron chi connectivity index (χ3n) is 3.30. The molecule has 1 rings (SSSR count). The van der Waals surface area contributed by atoms with Crippen LogP contribution in [0.1, 0.15) is 53.4 Å². The molecule has 1 nitrogen and oxygen atoms in total. The van der Waals surface area contributed by atoms with E-state index < -0.39 is 0 Å². The Morgan fingerprint density at radius 2 is 2.20 bits per heavy atom. The molecule has 2 atom stereocenters. The molecule has 1 N–H and O–H groups in total. The van der Waals surface area contributed by atoms with Gasteiger partial charge in [0, 0.05) is 17.8 Å². The van der Waals surface area contributed by atoms with Gasteiger partial charge in [-0.15, -0.1) is 0 Å². The highest BCUT2D eigenvalue weighted by atomic mass is 32.2. The Morgan fingerprint density at radius 3 is 2.80 bits per heavy atom. The van der Waals surface area contributed by atoms with Gasteiger partial charge in [0.1, 0.15) is 0 Å². The molecule has 0 aliphatic heterocycles. The van der Waals surface area contributed by atoms with Crippen LogP contribution in [0, 0.1) is 5.41 Å². The maximum absolute atomic E-state index is 3.79. The zero-order valence-corrected chi connectivity index (χ0v) is 11.6. The molecule has 15 heavy (non-hydrogen) atoms. The van der Waals surface area contributed by atoms with Gasteiger partial charge in [-0.05, 0) is 37.4 Å². The highest BCUT2D eigenvalue weighted by Gasteiger charge is 2.28. The molecule has 0 saturated heterocycles. The second kappa shape index (κ2) is 6.15. The first-order valence-electron chi connectivity index (χ1n) is 6.37. The second-order valence-corrected chi connectivity index (χ2v) is 7.00. The Labute approximate surface area is 99.8 Å². The van der Waals surface area contributed by atoms with Gasteiger partial charge in [0.15, 0.2) is 0 Å². The first kappa shape index (κ1) is 13.4. The predicted octanol–water partition coefficient (Wildman–Crippen LogP) is 3.69. The third-order valence-corrected chi connectivity index (χ3v) is 4.44. The lowest BCUT2D eigenvalue weighted by molar-refractivity contribution is 0.193. The molecule has 0 amide bonds. The van der Waals surface area contributed by atoms with Crippen molar-refractivity contribution >= 4 is 11.8 Å². The Kier molecular flexibility index (Phi) is 5.48. The molecule has 1 aliphatic rings. The summed E-state index contributed by atoms with van der Waals surface area (Å²) in [6.45, 7) is 9.38. The van der Waals surface area contributed by atoms with E-state index in [1.54, 1.807) is 0 Å². The monoisotopic (exact) mass is 229 g/mol. The fourth-order valence-corrected chi connectivity index (χ4v) is 3.27. The minimum absolute atomic E-state index is 0.563. The van der Waals surface area contributed by atoms with E-state index in [-0.39, 0.29) is 0 Å². The van der Waals surface area contributed by atoms with Gasteiger partial charge in [0.25, 0.3) is 0 Å². The molecule has 0 radical (unpaired) electrons. The molecule has 90 valence electrons. The van der Waals surface area contributed by atoms with Gasteiger partial charge < -0.3 is 5.32 Å². The number of hydrogen-bond acceptors (Lipinski definition) is 2. The summed E-state index contributed by atoms with van der Waals surface area (Å²) in [4.78, 5) is 0. The summed E-state index contributed by atoms with van der Waals surface area (Å²) in [7, 11) is 0. The molecule has 1 fully saturated rings. The second-order valence-electron chi connectivity index (χ2n) is 5.68. The normalized spacial score (nSPS) is 27.6. The molecule has 0 aromatic heterocycles. The van der Waals surface area contributed by atoms with Crippen molar-refractivity contribution in [3.63, 3.8) is 0 Å². The van der Waals surface area contributed by atoms with Gasteiger partial charge in [-0.3, -0.25) is 0 Å². The summed E-state index contributed by atoms with van der Waals surface area (Å²) in [5, 5.41) is 3.79. The first-order valence-corrected chi connectivity index (χ1v) is 7.53. The summed E-state index contributed by atoms with van der Waals surface area (Å²) in [6, 6.07) is 1.44. The van der Waals surface area contributed by atoms with Crippen LogP contribution in [0.3, 0.4) is 0 Å². The van der Waals surface area contributed by atoms with Crippen molar-refractivity contribution in [3.8, 4) is 0 Å². The molecule has 0 spiro atoms. The summed E-state index contributed by atoms with van der Waals surface area (Å²) in [5.41, 5.74) is 0.563. The summed E-state index contributed by atoms with van der Waals surface area (Å²) < 4.78 is 0. The quantitative estimate of drug-likeness (QED) is 0.772. The topological polar surface area (TPSA) is 12.0 Å². The van der Waals surface area contributed by atoms with Gasteiger partial charge in [0.2, 0.25) is 0 Å². The van der Waals surface area contributed by atoms with Crippen LogP contribution < -0.4 is 5.32 Å². The van der Waals surface area contributed by atoms with Crippen molar-refractivity contribution in [2.75, 3.05) is 11.5 Å². The van der Waals surface area contributed by atoms with Gasteiger partial charge in [-0.1, -0.05) is 27.2 Å². The van der Waals surface area contributed by atoms with Gasteiger partial charge in [0.05, 0.1) is 0 Å². The number of nitrogens with one attached hydrogen (secondary N) is 1. The molecule has 2 heteroatoms. The van der Waals surface area contributed by atoms with E-state index in [1.807, 2.05) is 11.8 Å². The minimum Gasteiger partial charge on any atom is -0.311 e. The summed E-state index contributed by atoms with van der Waals surface area (Å²) in [6.07, 6.45) is 5.54. The van der Waals surface area contributed by atoms with Crippen LogP contribution in [0.5, 0.6) is 0 Å². The Morgan fingerprint density at radius 1 is 1.47 bits per heavy atom. The predicted molar refractivity (Wildman–Crippen MR) is 71.6 cm³/mol. The number of thioether (sulfide) groups is 1. The van der Waals surface area contributed by atoms with E-state index >= 15 is 0 Å². The van der Waals surface area contributed by atoms with E-state index in [0.29, 0.717) is 11.5 Å². The first-order chi connectivity index (χ1) is 7.03. The van der Waals surface area contributed by atoms with E-state index in [1.165, 1.54) is 37.2 Å². The van der Waals surface area contributed by atoms with Crippen molar-refractivity contribution in [2.45, 2.75) is 65.5 Å². The van der Waals surface area contributed by atoms with Crippen LogP contribution in [-0.2, 0) is 0 Å². The van der Waals surface area contributed by atoms with Crippen LogP contribution in [0.4, 0.5) is 0 Å².